The van der Waals surface area contributed by atoms with Crippen LogP contribution in [0.2, 0.25) is 0 Å². The Labute approximate surface area is 110 Å². The summed E-state index contributed by atoms with van der Waals surface area (Å²) in [7, 11) is 1.58. The SMILES string of the molecule is CCC(COC)Nc1ccccc1OCC(F)(F)F. The standard InChI is InChI=1S/C13H18F3NO2/c1-3-10(8-18-2)17-11-6-4-5-7-12(11)19-9-13(14,15)16/h4-7,10,17H,3,8-9H2,1-2H3. The molecular formula is C13H18F3NO2. The van der Waals surface area contributed by atoms with Crippen molar-refractivity contribution in [2.45, 2.75) is 25.6 Å². The van der Waals surface area contributed by atoms with Crippen molar-refractivity contribution in [3.05, 3.63) is 24.3 Å². The van der Waals surface area contributed by atoms with E-state index in [0.29, 0.717) is 12.3 Å². The smallest absolute Gasteiger partial charge is 0.422 e. The van der Waals surface area contributed by atoms with E-state index in [-0.39, 0.29) is 11.8 Å². The molecular weight excluding hydrogens is 259 g/mol. The summed E-state index contributed by atoms with van der Waals surface area (Å²) < 4.78 is 46.3. The van der Waals surface area contributed by atoms with Gasteiger partial charge >= 0.3 is 6.18 Å². The Bertz CT molecular complexity index is 382. The molecule has 0 saturated heterocycles. The second-order valence-corrected chi connectivity index (χ2v) is 4.10. The molecule has 0 radical (unpaired) electrons. The Kier molecular flexibility index (Phi) is 5.95. The largest absolute Gasteiger partial charge is 0.482 e. The van der Waals surface area contributed by atoms with Gasteiger partial charge in [0.15, 0.2) is 6.61 Å². The third-order valence-corrected chi connectivity index (χ3v) is 2.50. The van der Waals surface area contributed by atoms with Gasteiger partial charge in [-0.15, -0.1) is 0 Å². The molecule has 6 heteroatoms. The van der Waals surface area contributed by atoms with Crippen LogP contribution in [0.25, 0.3) is 0 Å². The molecule has 1 atom stereocenters. The minimum absolute atomic E-state index is 0.0284. The zero-order chi connectivity index (χ0) is 14.3. The van der Waals surface area contributed by atoms with Crippen LogP contribution in [0.1, 0.15) is 13.3 Å². The highest BCUT2D eigenvalue weighted by molar-refractivity contribution is 5.56. The van der Waals surface area contributed by atoms with Gasteiger partial charge in [0.25, 0.3) is 0 Å². The van der Waals surface area contributed by atoms with Gasteiger partial charge in [-0.25, -0.2) is 0 Å². The number of hydrogen-bond acceptors (Lipinski definition) is 3. The number of alkyl halides is 3. The molecule has 0 fully saturated rings. The summed E-state index contributed by atoms with van der Waals surface area (Å²) in [6.07, 6.45) is -3.55. The number of para-hydroxylation sites is 2. The molecule has 0 aromatic heterocycles. The van der Waals surface area contributed by atoms with Gasteiger partial charge in [-0.2, -0.15) is 13.2 Å². The molecule has 3 nitrogen and oxygen atoms in total. The second kappa shape index (κ2) is 7.23. The van der Waals surface area contributed by atoms with E-state index in [4.69, 9.17) is 9.47 Å². The zero-order valence-electron chi connectivity index (χ0n) is 11.0. The molecule has 19 heavy (non-hydrogen) atoms. The van der Waals surface area contributed by atoms with Crippen LogP contribution in [-0.4, -0.2) is 32.5 Å². The number of ether oxygens (including phenoxy) is 2. The lowest BCUT2D eigenvalue weighted by Crippen LogP contribution is -2.25. The molecule has 1 aromatic carbocycles. The van der Waals surface area contributed by atoms with E-state index in [2.05, 4.69) is 5.32 Å². The summed E-state index contributed by atoms with van der Waals surface area (Å²) in [5, 5.41) is 3.12. The molecule has 0 aliphatic carbocycles. The van der Waals surface area contributed by atoms with Gasteiger partial charge < -0.3 is 14.8 Å². The Hall–Kier alpha value is -1.43. The van der Waals surface area contributed by atoms with Crippen molar-refractivity contribution in [1.82, 2.24) is 0 Å². The number of benzene rings is 1. The van der Waals surface area contributed by atoms with Crippen LogP contribution < -0.4 is 10.1 Å². The lowest BCUT2D eigenvalue weighted by atomic mass is 10.2. The third kappa shape index (κ3) is 5.83. The van der Waals surface area contributed by atoms with Crippen molar-refractivity contribution in [1.29, 1.82) is 0 Å². The number of anilines is 1. The number of rotatable bonds is 7. The number of nitrogens with one attached hydrogen (secondary N) is 1. The molecule has 1 rings (SSSR count). The number of halogens is 3. The maximum atomic E-state index is 12.2. The van der Waals surface area contributed by atoms with E-state index < -0.39 is 12.8 Å². The summed E-state index contributed by atoms with van der Waals surface area (Å²) in [4.78, 5) is 0. The summed E-state index contributed by atoms with van der Waals surface area (Å²) in [5.74, 6) is 0.189. The van der Waals surface area contributed by atoms with Gasteiger partial charge in [0.2, 0.25) is 0 Å². The number of methoxy groups -OCH3 is 1. The first-order valence-corrected chi connectivity index (χ1v) is 6.00. The summed E-state index contributed by atoms with van der Waals surface area (Å²) in [6.45, 7) is 1.15. The van der Waals surface area contributed by atoms with E-state index in [1.165, 1.54) is 6.07 Å². The fourth-order valence-corrected chi connectivity index (χ4v) is 1.55. The molecule has 0 aliphatic heterocycles. The molecule has 0 aliphatic rings. The van der Waals surface area contributed by atoms with E-state index >= 15 is 0 Å². The quantitative estimate of drug-likeness (QED) is 0.828. The zero-order valence-corrected chi connectivity index (χ0v) is 11.0. The molecule has 1 aromatic rings. The van der Waals surface area contributed by atoms with Gasteiger partial charge in [0, 0.05) is 13.2 Å². The molecule has 0 spiro atoms. The first-order valence-electron chi connectivity index (χ1n) is 6.00. The van der Waals surface area contributed by atoms with E-state index in [9.17, 15) is 13.2 Å². The van der Waals surface area contributed by atoms with Gasteiger partial charge in [-0.3, -0.25) is 0 Å². The number of hydrogen-bond donors (Lipinski definition) is 1. The van der Waals surface area contributed by atoms with Gasteiger partial charge in [-0.1, -0.05) is 19.1 Å². The van der Waals surface area contributed by atoms with Gasteiger partial charge in [-0.05, 0) is 18.6 Å². The lowest BCUT2D eigenvalue weighted by molar-refractivity contribution is -0.153. The Morgan fingerprint density at radius 2 is 1.95 bits per heavy atom. The average molecular weight is 277 g/mol. The Balaban J connectivity index is 2.72. The third-order valence-electron chi connectivity index (χ3n) is 2.50. The van der Waals surface area contributed by atoms with E-state index in [1.807, 2.05) is 6.92 Å². The predicted molar refractivity (Wildman–Crippen MR) is 67.6 cm³/mol. The van der Waals surface area contributed by atoms with E-state index in [1.54, 1.807) is 25.3 Å². The molecule has 1 unspecified atom stereocenters. The topological polar surface area (TPSA) is 30.5 Å². The van der Waals surface area contributed by atoms with Crippen LogP contribution in [0.3, 0.4) is 0 Å². The van der Waals surface area contributed by atoms with Crippen molar-refractivity contribution in [3.8, 4) is 5.75 Å². The minimum Gasteiger partial charge on any atom is -0.482 e. The maximum absolute atomic E-state index is 12.2. The molecule has 108 valence electrons. The van der Waals surface area contributed by atoms with Gasteiger partial charge in [0.1, 0.15) is 5.75 Å². The minimum atomic E-state index is -4.34. The van der Waals surface area contributed by atoms with Crippen LogP contribution >= 0.6 is 0 Å². The van der Waals surface area contributed by atoms with Crippen molar-refractivity contribution in [2.75, 3.05) is 25.6 Å². The molecule has 0 heterocycles. The highest BCUT2D eigenvalue weighted by Gasteiger charge is 2.28. The normalized spacial score (nSPS) is 13.1. The second-order valence-electron chi connectivity index (χ2n) is 4.10. The summed E-state index contributed by atoms with van der Waals surface area (Å²) in [5.41, 5.74) is 0.538. The lowest BCUT2D eigenvalue weighted by Gasteiger charge is -2.20. The van der Waals surface area contributed by atoms with Crippen LogP contribution in [0, 0.1) is 0 Å². The summed E-state index contributed by atoms with van der Waals surface area (Å²) >= 11 is 0. The molecule has 1 N–H and O–H groups in total. The van der Waals surface area contributed by atoms with Crippen LogP contribution in [0.5, 0.6) is 5.75 Å². The fraction of sp³-hybridized carbons (Fsp3) is 0.538. The van der Waals surface area contributed by atoms with Crippen molar-refractivity contribution in [3.63, 3.8) is 0 Å². The van der Waals surface area contributed by atoms with Crippen LogP contribution in [0.15, 0.2) is 24.3 Å². The summed E-state index contributed by atoms with van der Waals surface area (Å²) in [6, 6.07) is 6.59. The predicted octanol–water partition coefficient (Wildman–Crippen LogP) is 3.46. The van der Waals surface area contributed by atoms with Crippen molar-refractivity contribution >= 4 is 5.69 Å². The molecule has 0 saturated carbocycles. The van der Waals surface area contributed by atoms with E-state index in [0.717, 1.165) is 6.42 Å². The molecule has 0 amide bonds. The first kappa shape index (κ1) is 15.6. The average Bonchev–Trinajstić information content (AvgIpc) is 2.36. The first-order chi connectivity index (χ1) is 8.96. The Morgan fingerprint density at radius 3 is 2.53 bits per heavy atom. The van der Waals surface area contributed by atoms with Crippen LogP contribution in [0.4, 0.5) is 18.9 Å². The van der Waals surface area contributed by atoms with Gasteiger partial charge in [0.05, 0.1) is 12.3 Å². The monoisotopic (exact) mass is 277 g/mol. The van der Waals surface area contributed by atoms with Crippen molar-refractivity contribution in [2.24, 2.45) is 0 Å². The fourth-order valence-electron chi connectivity index (χ4n) is 1.55. The maximum Gasteiger partial charge on any atom is 0.422 e. The van der Waals surface area contributed by atoms with Crippen LogP contribution in [-0.2, 0) is 4.74 Å². The van der Waals surface area contributed by atoms with Crippen molar-refractivity contribution < 1.29 is 22.6 Å². The highest BCUT2D eigenvalue weighted by Crippen LogP contribution is 2.27. The highest BCUT2D eigenvalue weighted by atomic mass is 19.4. The Morgan fingerprint density at radius 1 is 1.26 bits per heavy atom. The molecule has 0 bridgehead atoms.